The Bertz CT molecular complexity index is 956. The second-order valence-corrected chi connectivity index (χ2v) is 8.50. The van der Waals surface area contributed by atoms with Crippen molar-refractivity contribution in [2.45, 2.75) is 37.7 Å². The van der Waals surface area contributed by atoms with Crippen LogP contribution in [-0.2, 0) is 14.8 Å². The van der Waals surface area contributed by atoms with Crippen LogP contribution in [0.2, 0.25) is 5.02 Å². The summed E-state index contributed by atoms with van der Waals surface area (Å²) in [5, 5.41) is 2.78. The molecule has 1 amide bonds. The molecule has 0 radical (unpaired) electrons. The fraction of sp³-hybridized carbons (Fsp3) is 0.278. The summed E-state index contributed by atoms with van der Waals surface area (Å²) < 4.78 is 33.8. The Kier molecular flexibility index (Phi) is 4.86. The molecule has 0 spiro atoms. The molecule has 0 fully saturated rings. The summed E-state index contributed by atoms with van der Waals surface area (Å²) in [6.45, 7) is 5.66. The van der Waals surface area contributed by atoms with Crippen LogP contribution in [0.1, 0.15) is 32.3 Å². The third kappa shape index (κ3) is 3.64. The van der Waals surface area contributed by atoms with Crippen molar-refractivity contribution < 1.29 is 17.9 Å². The minimum atomic E-state index is -3.96. The highest BCUT2D eigenvalue weighted by Gasteiger charge is 2.31. The topological polar surface area (TPSA) is 84.5 Å². The van der Waals surface area contributed by atoms with Crippen LogP contribution in [0.3, 0.4) is 0 Å². The average Bonchev–Trinajstić information content (AvgIpc) is 2.56. The molecule has 2 aromatic carbocycles. The third-order valence-corrected chi connectivity index (χ3v) is 5.67. The number of anilines is 2. The van der Waals surface area contributed by atoms with Gasteiger partial charge < -0.3 is 10.1 Å². The Balaban J connectivity index is 1.98. The molecule has 2 aromatic rings. The van der Waals surface area contributed by atoms with Crippen molar-refractivity contribution in [3.05, 3.63) is 47.0 Å². The highest BCUT2D eigenvalue weighted by molar-refractivity contribution is 7.92. The van der Waals surface area contributed by atoms with Crippen molar-refractivity contribution in [2.24, 2.45) is 0 Å². The number of nitrogens with one attached hydrogen (secondary N) is 2. The molecule has 0 saturated heterocycles. The number of hydrogen-bond donors (Lipinski definition) is 2. The second kappa shape index (κ2) is 6.81. The SMILES string of the molecule is CC1Oc2c(cc(Cl)cc2S(=O)(=O)Nc2ccc(C(C)C)cc2)NC1=O. The van der Waals surface area contributed by atoms with E-state index >= 15 is 0 Å². The predicted molar refractivity (Wildman–Crippen MR) is 102 cm³/mol. The van der Waals surface area contributed by atoms with Crippen LogP contribution in [0.15, 0.2) is 41.3 Å². The maximum atomic E-state index is 12.9. The number of rotatable bonds is 4. The van der Waals surface area contributed by atoms with Crippen molar-refractivity contribution in [3.8, 4) is 5.75 Å². The molecule has 0 aromatic heterocycles. The standard InChI is InChI=1S/C18H19ClN2O4S/c1-10(2)12-4-6-14(7-5-12)21-26(23,24)16-9-13(19)8-15-17(16)25-11(3)18(22)20-15/h4-11,21H,1-3H3,(H,20,22). The molecule has 138 valence electrons. The Morgan fingerprint density at radius 3 is 2.46 bits per heavy atom. The van der Waals surface area contributed by atoms with Crippen molar-refractivity contribution in [2.75, 3.05) is 10.0 Å². The quantitative estimate of drug-likeness (QED) is 0.821. The Labute approximate surface area is 157 Å². The van der Waals surface area contributed by atoms with E-state index in [9.17, 15) is 13.2 Å². The van der Waals surface area contributed by atoms with Gasteiger partial charge in [0.15, 0.2) is 11.9 Å². The molecule has 26 heavy (non-hydrogen) atoms. The van der Waals surface area contributed by atoms with Crippen LogP contribution < -0.4 is 14.8 Å². The first-order chi connectivity index (χ1) is 12.2. The zero-order chi connectivity index (χ0) is 19.1. The van der Waals surface area contributed by atoms with Gasteiger partial charge in [-0.2, -0.15) is 0 Å². The lowest BCUT2D eigenvalue weighted by atomic mass is 10.0. The first-order valence-electron chi connectivity index (χ1n) is 8.11. The molecule has 3 rings (SSSR count). The third-order valence-electron chi connectivity index (χ3n) is 4.06. The molecule has 0 saturated carbocycles. The molecule has 0 aliphatic carbocycles. The van der Waals surface area contributed by atoms with E-state index in [1.165, 1.54) is 12.1 Å². The van der Waals surface area contributed by atoms with Crippen molar-refractivity contribution in [3.63, 3.8) is 0 Å². The summed E-state index contributed by atoms with van der Waals surface area (Å²) in [4.78, 5) is 11.6. The first kappa shape index (κ1) is 18.5. The molecule has 1 aliphatic heterocycles. The predicted octanol–water partition coefficient (Wildman–Crippen LogP) is 3.98. The number of fused-ring (bicyclic) bond motifs is 1. The molecule has 6 nitrogen and oxygen atoms in total. The Hall–Kier alpha value is -2.25. The van der Waals surface area contributed by atoms with Gasteiger partial charge in [0, 0.05) is 10.7 Å². The van der Waals surface area contributed by atoms with Crippen LogP contribution >= 0.6 is 11.6 Å². The summed E-state index contributed by atoms with van der Waals surface area (Å²) >= 11 is 6.03. The second-order valence-electron chi connectivity index (χ2n) is 6.41. The number of hydrogen-bond acceptors (Lipinski definition) is 4. The first-order valence-corrected chi connectivity index (χ1v) is 9.97. The number of carbonyl (C=O) groups excluding carboxylic acids is 1. The maximum absolute atomic E-state index is 12.9. The molecule has 0 bridgehead atoms. The molecule has 2 N–H and O–H groups in total. The van der Waals surface area contributed by atoms with Gasteiger partial charge in [-0.15, -0.1) is 0 Å². The molecule has 8 heteroatoms. The van der Waals surface area contributed by atoms with Crippen molar-refractivity contribution in [1.82, 2.24) is 0 Å². The number of amides is 1. The van der Waals surface area contributed by atoms with Crippen molar-refractivity contribution >= 4 is 38.9 Å². The summed E-state index contributed by atoms with van der Waals surface area (Å²) in [6, 6.07) is 9.90. The lowest BCUT2D eigenvalue weighted by molar-refractivity contribution is -0.122. The fourth-order valence-corrected chi connectivity index (χ4v) is 4.12. The Morgan fingerprint density at radius 1 is 1.19 bits per heavy atom. The summed E-state index contributed by atoms with van der Waals surface area (Å²) in [6.07, 6.45) is -0.803. The largest absolute Gasteiger partial charge is 0.477 e. The van der Waals surface area contributed by atoms with E-state index in [1.54, 1.807) is 19.1 Å². The molecule has 1 atom stereocenters. The molecule has 1 aliphatic rings. The van der Waals surface area contributed by atoms with Crippen molar-refractivity contribution in [1.29, 1.82) is 0 Å². The van der Waals surface area contributed by atoms with Crippen LogP contribution in [-0.4, -0.2) is 20.4 Å². The lowest BCUT2D eigenvalue weighted by Crippen LogP contribution is -2.35. The minimum Gasteiger partial charge on any atom is -0.477 e. The molecule has 1 unspecified atom stereocenters. The molecular formula is C18H19ClN2O4S. The summed E-state index contributed by atoms with van der Waals surface area (Å²) in [7, 11) is -3.96. The minimum absolute atomic E-state index is 0.0767. The van der Waals surface area contributed by atoms with Gasteiger partial charge in [-0.25, -0.2) is 8.42 Å². The van der Waals surface area contributed by atoms with Gasteiger partial charge >= 0.3 is 0 Å². The lowest BCUT2D eigenvalue weighted by Gasteiger charge is -2.25. The van der Waals surface area contributed by atoms with Crippen LogP contribution in [0, 0.1) is 0 Å². The van der Waals surface area contributed by atoms with E-state index in [4.69, 9.17) is 16.3 Å². The summed E-state index contributed by atoms with van der Waals surface area (Å²) in [5.74, 6) is 0.0623. The summed E-state index contributed by atoms with van der Waals surface area (Å²) in [5.41, 5.74) is 1.76. The van der Waals surface area contributed by atoms with E-state index in [1.807, 2.05) is 12.1 Å². The van der Waals surface area contributed by atoms with Crippen LogP contribution in [0.4, 0.5) is 11.4 Å². The van der Waals surface area contributed by atoms with E-state index in [0.717, 1.165) is 5.56 Å². The fourth-order valence-electron chi connectivity index (χ4n) is 2.59. The number of sulfonamides is 1. The maximum Gasteiger partial charge on any atom is 0.265 e. The zero-order valence-electron chi connectivity index (χ0n) is 14.5. The molecular weight excluding hydrogens is 376 g/mol. The van der Waals surface area contributed by atoms with Gasteiger partial charge in [-0.3, -0.25) is 9.52 Å². The highest BCUT2D eigenvalue weighted by atomic mass is 35.5. The van der Waals surface area contributed by atoms with Gasteiger partial charge in [0.1, 0.15) is 4.90 Å². The van der Waals surface area contributed by atoms with Gasteiger partial charge in [0.25, 0.3) is 15.9 Å². The van der Waals surface area contributed by atoms with E-state index in [0.29, 0.717) is 11.6 Å². The van der Waals surface area contributed by atoms with Crippen LogP contribution in [0.25, 0.3) is 0 Å². The number of ether oxygens (including phenoxy) is 1. The number of carbonyl (C=O) groups is 1. The molecule has 1 heterocycles. The Morgan fingerprint density at radius 2 is 1.85 bits per heavy atom. The number of halogens is 1. The number of benzene rings is 2. The van der Waals surface area contributed by atoms with Gasteiger partial charge in [-0.05, 0) is 42.7 Å². The van der Waals surface area contributed by atoms with Gasteiger partial charge in [0.05, 0.1) is 5.69 Å². The monoisotopic (exact) mass is 394 g/mol. The van der Waals surface area contributed by atoms with Gasteiger partial charge in [0.2, 0.25) is 0 Å². The average molecular weight is 395 g/mol. The van der Waals surface area contributed by atoms with Gasteiger partial charge in [-0.1, -0.05) is 37.6 Å². The zero-order valence-corrected chi connectivity index (χ0v) is 16.1. The van der Waals surface area contributed by atoms with Crippen LogP contribution in [0.5, 0.6) is 5.75 Å². The highest BCUT2D eigenvalue weighted by Crippen LogP contribution is 2.39. The van der Waals surface area contributed by atoms with E-state index in [-0.39, 0.29) is 27.3 Å². The smallest absolute Gasteiger partial charge is 0.265 e. The van der Waals surface area contributed by atoms with E-state index < -0.39 is 16.1 Å². The normalized spacial score (nSPS) is 16.7. The van der Waals surface area contributed by atoms with E-state index in [2.05, 4.69) is 23.9 Å².